The van der Waals surface area contributed by atoms with Crippen molar-refractivity contribution in [2.24, 2.45) is 0 Å². The summed E-state index contributed by atoms with van der Waals surface area (Å²) >= 11 is 0. The van der Waals surface area contributed by atoms with Crippen molar-refractivity contribution in [3.8, 4) is 11.4 Å². The molecule has 2 amide bonds. The van der Waals surface area contributed by atoms with Gasteiger partial charge in [0.05, 0.1) is 6.26 Å². The van der Waals surface area contributed by atoms with E-state index in [1.807, 2.05) is 30.3 Å². The molecule has 0 unspecified atom stereocenters. The van der Waals surface area contributed by atoms with Crippen molar-refractivity contribution in [1.29, 1.82) is 0 Å². The number of carbonyl (C=O) groups excluding carboxylic acids is 2. The van der Waals surface area contributed by atoms with E-state index < -0.39 is 11.8 Å². The Labute approximate surface area is 164 Å². The number of benzene rings is 1. The molecule has 144 valence electrons. The molecule has 3 aromatic heterocycles. The molecule has 3 heterocycles. The normalized spacial score (nSPS) is 11.2. The molecule has 10 nitrogen and oxygen atoms in total. The van der Waals surface area contributed by atoms with Crippen LogP contribution < -0.4 is 10.9 Å². The number of carbonyl (C=O) groups is 2. The number of amides is 2. The number of aromatic nitrogens is 5. The average molecular weight is 389 g/mol. The lowest BCUT2D eigenvalue weighted by atomic mass is 10.2. The molecule has 0 radical (unpaired) electrons. The topological polar surface area (TPSA) is 131 Å². The van der Waals surface area contributed by atoms with Crippen LogP contribution >= 0.6 is 0 Å². The lowest BCUT2D eigenvalue weighted by molar-refractivity contribution is -0.116. The maximum Gasteiger partial charge on any atom is 0.288 e. The molecule has 0 aliphatic rings. The third kappa shape index (κ3) is 3.95. The second kappa shape index (κ2) is 8.05. The van der Waals surface area contributed by atoms with Crippen molar-refractivity contribution in [2.75, 3.05) is 0 Å². The highest BCUT2D eigenvalue weighted by atomic mass is 16.3. The first kappa shape index (κ1) is 17.9. The maximum atomic E-state index is 12.9. The van der Waals surface area contributed by atoms with Gasteiger partial charge in [-0.05, 0) is 34.7 Å². The molecule has 0 aliphatic carbocycles. The molecule has 4 aromatic rings. The van der Waals surface area contributed by atoms with Crippen LogP contribution in [0, 0.1) is 0 Å². The minimum atomic E-state index is -0.634. The van der Waals surface area contributed by atoms with Crippen molar-refractivity contribution in [3.63, 3.8) is 0 Å². The maximum absolute atomic E-state index is 12.9. The van der Waals surface area contributed by atoms with E-state index in [-0.39, 0.29) is 5.70 Å². The van der Waals surface area contributed by atoms with Crippen LogP contribution in [0.4, 0.5) is 0 Å². The fraction of sp³-hybridized carbons (Fsp3) is 0. The number of aromatic amines is 1. The fourth-order valence-corrected chi connectivity index (χ4v) is 2.56. The van der Waals surface area contributed by atoms with Crippen LogP contribution in [0.3, 0.4) is 0 Å². The molecule has 0 saturated heterocycles. The third-order valence-electron chi connectivity index (χ3n) is 3.92. The van der Waals surface area contributed by atoms with E-state index in [1.165, 1.54) is 17.0 Å². The van der Waals surface area contributed by atoms with Crippen LogP contribution in [0.2, 0.25) is 0 Å². The number of nitrogens with one attached hydrogen (secondary N) is 3. The first-order valence-corrected chi connectivity index (χ1v) is 8.56. The molecule has 0 fully saturated rings. The predicted octanol–water partition coefficient (Wildman–Crippen LogP) is 1.72. The Morgan fingerprint density at radius 2 is 1.90 bits per heavy atom. The van der Waals surface area contributed by atoms with Gasteiger partial charge >= 0.3 is 0 Å². The Morgan fingerprint density at radius 1 is 1.03 bits per heavy atom. The van der Waals surface area contributed by atoms with Crippen LogP contribution in [0.15, 0.2) is 71.5 Å². The molecule has 1 aromatic carbocycles. The van der Waals surface area contributed by atoms with Gasteiger partial charge < -0.3 is 9.40 Å². The van der Waals surface area contributed by atoms with E-state index in [0.29, 0.717) is 22.8 Å². The minimum absolute atomic E-state index is 0.0515. The smallest absolute Gasteiger partial charge is 0.288 e. The lowest BCUT2D eigenvalue weighted by Crippen LogP contribution is -2.43. The number of hydrogen-bond acceptors (Lipinski definition) is 6. The van der Waals surface area contributed by atoms with E-state index in [0.717, 1.165) is 0 Å². The molecule has 0 bridgehead atoms. The summed E-state index contributed by atoms with van der Waals surface area (Å²) in [7, 11) is 0. The van der Waals surface area contributed by atoms with Crippen LogP contribution in [0.25, 0.3) is 23.2 Å². The summed E-state index contributed by atoms with van der Waals surface area (Å²) in [5, 5.41) is 11.6. The summed E-state index contributed by atoms with van der Waals surface area (Å²) in [6, 6.07) is 15.8. The van der Waals surface area contributed by atoms with Gasteiger partial charge in [0.1, 0.15) is 17.2 Å². The molecule has 0 spiro atoms. The highest BCUT2D eigenvalue weighted by molar-refractivity contribution is 6.18. The van der Waals surface area contributed by atoms with Gasteiger partial charge in [-0.15, -0.1) is 5.10 Å². The highest BCUT2D eigenvalue weighted by Gasteiger charge is 2.20. The number of nitrogens with zero attached hydrogens (tertiary/aromatic N) is 4. The molecule has 3 N–H and O–H groups in total. The first-order valence-electron chi connectivity index (χ1n) is 8.56. The predicted molar refractivity (Wildman–Crippen MR) is 103 cm³/mol. The Bertz CT molecular complexity index is 1130. The zero-order chi connectivity index (χ0) is 20.1. The second-order valence-corrected chi connectivity index (χ2v) is 5.82. The number of rotatable bonds is 5. The van der Waals surface area contributed by atoms with Crippen molar-refractivity contribution >= 4 is 23.6 Å². The van der Waals surface area contributed by atoms with Gasteiger partial charge in [0, 0.05) is 17.8 Å². The quantitative estimate of drug-likeness (QED) is 0.352. The van der Waals surface area contributed by atoms with Crippen LogP contribution in [-0.4, -0.2) is 37.0 Å². The number of hydrogen-bond donors (Lipinski definition) is 3. The van der Waals surface area contributed by atoms with E-state index >= 15 is 0 Å². The zero-order valence-corrected chi connectivity index (χ0v) is 14.9. The van der Waals surface area contributed by atoms with Gasteiger partial charge in [-0.25, -0.2) is 0 Å². The summed E-state index contributed by atoms with van der Waals surface area (Å²) in [6.07, 6.45) is 4.55. The number of H-pyrrole nitrogens is 1. The van der Waals surface area contributed by atoms with Crippen molar-refractivity contribution < 1.29 is 14.0 Å². The Hall–Kier alpha value is -4.47. The van der Waals surface area contributed by atoms with Crippen molar-refractivity contribution in [1.82, 2.24) is 36.0 Å². The van der Waals surface area contributed by atoms with E-state index in [4.69, 9.17) is 4.42 Å². The van der Waals surface area contributed by atoms with Gasteiger partial charge in [-0.2, -0.15) is 4.68 Å². The SMILES string of the molecule is O=C(NNC(=O)c1ccc[nH]1)/C(=C/c1ccco1)n1nnnc1-c1ccccc1. The van der Waals surface area contributed by atoms with E-state index in [9.17, 15) is 9.59 Å². The Kier molecular flexibility index (Phi) is 4.97. The van der Waals surface area contributed by atoms with Gasteiger partial charge in [0.25, 0.3) is 11.8 Å². The molecule has 0 saturated carbocycles. The zero-order valence-electron chi connectivity index (χ0n) is 14.9. The van der Waals surface area contributed by atoms with Crippen LogP contribution in [0.5, 0.6) is 0 Å². The van der Waals surface area contributed by atoms with Gasteiger partial charge in [0.2, 0.25) is 0 Å². The van der Waals surface area contributed by atoms with Gasteiger partial charge in [-0.3, -0.25) is 20.4 Å². The number of furan rings is 1. The molecule has 29 heavy (non-hydrogen) atoms. The number of tetrazole rings is 1. The summed E-state index contributed by atoms with van der Waals surface area (Å²) in [4.78, 5) is 27.7. The molecular weight excluding hydrogens is 374 g/mol. The molecule has 0 aliphatic heterocycles. The Balaban J connectivity index is 1.64. The minimum Gasteiger partial charge on any atom is -0.465 e. The summed E-state index contributed by atoms with van der Waals surface area (Å²) in [5.41, 5.74) is 5.77. The van der Waals surface area contributed by atoms with Crippen molar-refractivity contribution in [2.45, 2.75) is 0 Å². The van der Waals surface area contributed by atoms with Crippen LogP contribution in [0.1, 0.15) is 16.2 Å². The third-order valence-corrected chi connectivity index (χ3v) is 3.92. The highest BCUT2D eigenvalue weighted by Crippen LogP contribution is 2.20. The van der Waals surface area contributed by atoms with E-state index in [2.05, 4.69) is 31.4 Å². The largest absolute Gasteiger partial charge is 0.465 e. The average Bonchev–Trinajstić information content (AvgIpc) is 3.52. The lowest BCUT2D eigenvalue weighted by Gasteiger charge is -2.11. The van der Waals surface area contributed by atoms with Crippen LogP contribution in [-0.2, 0) is 4.79 Å². The van der Waals surface area contributed by atoms with E-state index in [1.54, 1.807) is 30.5 Å². The summed E-state index contributed by atoms with van der Waals surface area (Å²) in [5.74, 6) is -0.360. The molecule has 4 rings (SSSR count). The van der Waals surface area contributed by atoms with Crippen molar-refractivity contribution in [3.05, 3.63) is 78.5 Å². The second-order valence-electron chi connectivity index (χ2n) is 5.82. The summed E-state index contributed by atoms with van der Waals surface area (Å²) in [6.45, 7) is 0. The first-order chi connectivity index (χ1) is 14.2. The van der Waals surface area contributed by atoms with Gasteiger partial charge in [0.15, 0.2) is 5.82 Å². The molecule has 0 atom stereocenters. The summed E-state index contributed by atoms with van der Waals surface area (Å²) < 4.78 is 6.58. The number of hydrazine groups is 1. The fourth-order valence-electron chi connectivity index (χ4n) is 2.56. The molecule has 10 heteroatoms. The molecular formula is C19H15N7O3. The monoisotopic (exact) mass is 389 g/mol. The Morgan fingerprint density at radius 3 is 2.62 bits per heavy atom. The van der Waals surface area contributed by atoms with Gasteiger partial charge in [-0.1, -0.05) is 30.3 Å². The standard InChI is InChI=1S/C19H15N7O3/c27-18(15-9-4-10-20-15)22-23-19(28)16(12-14-8-5-11-29-14)26-17(21-24-25-26)13-6-2-1-3-7-13/h1-12,20H,(H,22,27)(H,23,28)/b16-12-.